The molecular weight excluding hydrogens is 268 g/mol. The molecule has 0 aliphatic carbocycles. The number of likely N-dealkylation sites (N-methyl/N-ethyl adjacent to an activating group) is 1. The van der Waals surface area contributed by atoms with Crippen molar-refractivity contribution in [2.45, 2.75) is 25.4 Å². The fourth-order valence-corrected chi connectivity index (χ4v) is 2.69. The molecule has 0 radical (unpaired) electrons. The Hall–Kier alpha value is -1.92. The number of rotatable bonds is 6. The Morgan fingerprint density at radius 2 is 2.24 bits per heavy atom. The van der Waals surface area contributed by atoms with Gasteiger partial charge in [-0.15, -0.1) is 0 Å². The molecule has 1 atom stereocenters. The van der Waals surface area contributed by atoms with Crippen molar-refractivity contribution in [2.75, 3.05) is 25.5 Å². The van der Waals surface area contributed by atoms with Gasteiger partial charge in [0.1, 0.15) is 0 Å². The maximum Gasteiger partial charge on any atom is 0.238 e. The Bertz CT molecular complexity index is 518. The van der Waals surface area contributed by atoms with Crippen molar-refractivity contribution in [2.24, 2.45) is 5.73 Å². The van der Waals surface area contributed by atoms with Gasteiger partial charge in [-0.05, 0) is 44.1 Å². The van der Waals surface area contributed by atoms with Crippen LogP contribution in [-0.2, 0) is 16.1 Å². The van der Waals surface area contributed by atoms with Crippen molar-refractivity contribution in [1.29, 1.82) is 0 Å². The zero-order valence-electron chi connectivity index (χ0n) is 12.3. The normalized spacial score (nSPS) is 18.6. The average Bonchev–Trinajstić information content (AvgIpc) is 2.87. The molecule has 1 heterocycles. The third-order valence-electron chi connectivity index (χ3n) is 3.63. The molecule has 1 aromatic carbocycles. The van der Waals surface area contributed by atoms with Gasteiger partial charge in [0.2, 0.25) is 11.8 Å². The molecule has 1 unspecified atom stereocenters. The van der Waals surface area contributed by atoms with Crippen molar-refractivity contribution < 1.29 is 9.59 Å². The van der Waals surface area contributed by atoms with E-state index in [1.165, 1.54) is 0 Å². The lowest BCUT2D eigenvalue weighted by Gasteiger charge is -2.22. The number of primary amides is 1. The summed E-state index contributed by atoms with van der Waals surface area (Å²) in [6, 6.07) is 7.51. The number of hydrogen-bond acceptors (Lipinski definition) is 4. The first-order valence-electron chi connectivity index (χ1n) is 7.17. The van der Waals surface area contributed by atoms with Crippen LogP contribution < -0.4 is 16.4 Å². The molecule has 6 heteroatoms. The Labute approximate surface area is 124 Å². The van der Waals surface area contributed by atoms with E-state index in [-0.39, 0.29) is 24.4 Å². The van der Waals surface area contributed by atoms with Crippen molar-refractivity contribution in [1.82, 2.24) is 10.2 Å². The average molecular weight is 290 g/mol. The molecule has 1 aliphatic heterocycles. The van der Waals surface area contributed by atoms with E-state index in [2.05, 4.69) is 15.5 Å². The SMILES string of the molecule is CNCC(=O)Nc1cccc(CN2CCCC2C(N)=O)c1. The number of hydrogen-bond donors (Lipinski definition) is 3. The summed E-state index contributed by atoms with van der Waals surface area (Å²) in [4.78, 5) is 25.1. The summed E-state index contributed by atoms with van der Waals surface area (Å²) in [5.74, 6) is -0.336. The Kier molecular flexibility index (Phi) is 5.30. The van der Waals surface area contributed by atoms with Gasteiger partial charge in [-0.25, -0.2) is 0 Å². The number of nitrogens with one attached hydrogen (secondary N) is 2. The first-order valence-corrected chi connectivity index (χ1v) is 7.17. The van der Waals surface area contributed by atoms with Crippen LogP contribution in [0.25, 0.3) is 0 Å². The van der Waals surface area contributed by atoms with Crippen LogP contribution in [-0.4, -0.2) is 42.9 Å². The number of anilines is 1. The van der Waals surface area contributed by atoms with Gasteiger partial charge in [-0.3, -0.25) is 14.5 Å². The zero-order chi connectivity index (χ0) is 15.2. The monoisotopic (exact) mass is 290 g/mol. The second kappa shape index (κ2) is 7.19. The molecule has 1 aromatic rings. The van der Waals surface area contributed by atoms with E-state index < -0.39 is 0 Å². The molecule has 1 saturated heterocycles. The van der Waals surface area contributed by atoms with Crippen LogP contribution in [0, 0.1) is 0 Å². The quantitative estimate of drug-likeness (QED) is 0.703. The molecular formula is C15H22N4O2. The van der Waals surface area contributed by atoms with Crippen LogP contribution in [0.3, 0.4) is 0 Å². The standard InChI is InChI=1S/C15H22N4O2/c1-17-9-14(20)18-12-5-2-4-11(8-12)10-19-7-3-6-13(19)15(16)21/h2,4-5,8,13,17H,3,6-7,9-10H2,1H3,(H2,16,21)(H,18,20). The Morgan fingerprint density at radius 1 is 1.43 bits per heavy atom. The van der Waals surface area contributed by atoms with E-state index in [9.17, 15) is 9.59 Å². The first-order chi connectivity index (χ1) is 10.1. The predicted octanol–water partition coefficient (Wildman–Crippen LogP) is 0.294. The van der Waals surface area contributed by atoms with E-state index in [1.54, 1.807) is 7.05 Å². The molecule has 1 fully saturated rings. The number of likely N-dealkylation sites (tertiary alicyclic amines) is 1. The van der Waals surface area contributed by atoms with E-state index in [0.717, 1.165) is 30.6 Å². The molecule has 2 rings (SSSR count). The minimum absolute atomic E-state index is 0.0779. The number of nitrogens with two attached hydrogens (primary N) is 1. The van der Waals surface area contributed by atoms with Crippen LogP contribution >= 0.6 is 0 Å². The highest BCUT2D eigenvalue weighted by Crippen LogP contribution is 2.21. The summed E-state index contributed by atoms with van der Waals surface area (Å²) in [5.41, 5.74) is 7.25. The smallest absolute Gasteiger partial charge is 0.238 e. The van der Waals surface area contributed by atoms with Gasteiger partial charge in [0.25, 0.3) is 0 Å². The highest BCUT2D eigenvalue weighted by Gasteiger charge is 2.28. The summed E-state index contributed by atoms with van der Waals surface area (Å²) in [6.07, 6.45) is 1.82. The largest absolute Gasteiger partial charge is 0.368 e. The third-order valence-corrected chi connectivity index (χ3v) is 3.63. The van der Waals surface area contributed by atoms with Crippen molar-refractivity contribution >= 4 is 17.5 Å². The topological polar surface area (TPSA) is 87.5 Å². The fraction of sp³-hybridized carbons (Fsp3) is 0.467. The Balaban J connectivity index is 2.00. The first kappa shape index (κ1) is 15.5. The van der Waals surface area contributed by atoms with Crippen LogP contribution in [0.15, 0.2) is 24.3 Å². The second-order valence-corrected chi connectivity index (χ2v) is 5.31. The summed E-state index contributed by atoms with van der Waals surface area (Å²) in [7, 11) is 1.73. The molecule has 2 amide bonds. The molecule has 0 saturated carbocycles. The number of amides is 2. The van der Waals surface area contributed by atoms with E-state index in [0.29, 0.717) is 6.54 Å². The molecule has 4 N–H and O–H groups in total. The lowest BCUT2D eigenvalue weighted by atomic mass is 10.1. The van der Waals surface area contributed by atoms with E-state index >= 15 is 0 Å². The lowest BCUT2D eigenvalue weighted by Crippen LogP contribution is -2.39. The van der Waals surface area contributed by atoms with Gasteiger partial charge in [0, 0.05) is 12.2 Å². The van der Waals surface area contributed by atoms with Crippen LogP contribution in [0.1, 0.15) is 18.4 Å². The number of nitrogens with zero attached hydrogens (tertiary/aromatic N) is 1. The van der Waals surface area contributed by atoms with Gasteiger partial charge in [0.15, 0.2) is 0 Å². The van der Waals surface area contributed by atoms with Crippen molar-refractivity contribution in [3.63, 3.8) is 0 Å². The van der Waals surface area contributed by atoms with Gasteiger partial charge in [-0.2, -0.15) is 0 Å². The number of carbonyl (C=O) groups excluding carboxylic acids is 2. The highest BCUT2D eigenvalue weighted by atomic mass is 16.2. The van der Waals surface area contributed by atoms with Crippen LogP contribution in [0.2, 0.25) is 0 Å². The third kappa shape index (κ3) is 4.27. The molecule has 6 nitrogen and oxygen atoms in total. The maximum atomic E-state index is 11.6. The summed E-state index contributed by atoms with van der Waals surface area (Å²) < 4.78 is 0. The predicted molar refractivity (Wildman–Crippen MR) is 81.6 cm³/mol. The molecule has 0 aromatic heterocycles. The molecule has 0 bridgehead atoms. The summed E-state index contributed by atoms with van der Waals surface area (Å²) >= 11 is 0. The van der Waals surface area contributed by atoms with Crippen molar-refractivity contribution in [3.05, 3.63) is 29.8 Å². The molecule has 1 aliphatic rings. The summed E-state index contributed by atoms with van der Waals surface area (Å²) in [6.45, 7) is 1.83. The molecule has 21 heavy (non-hydrogen) atoms. The van der Waals surface area contributed by atoms with Crippen molar-refractivity contribution in [3.8, 4) is 0 Å². The highest BCUT2D eigenvalue weighted by molar-refractivity contribution is 5.92. The summed E-state index contributed by atoms with van der Waals surface area (Å²) in [5, 5.41) is 5.64. The minimum Gasteiger partial charge on any atom is -0.368 e. The van der Waals surface area contributed by atoms with Gasteiger partial charge >= 0.3 is 0 Å². The van der Waals surface area contributed by atoms with Gasteiger partial charge in [0.05, 0.1) is 12.6 Å². The zero-order valence-corrected chi connectivity index (χ0v) is 12.3. The molecule has 114 valence electrons. The van der Waals surface area contributed by atoms with Crippen LogP contribution in [0.4, 0.5) is 5.69 Å². The molecule has 0 spiro atoms. The lowest BCUT2D eigenvalue weighted by molar-refractivity contribution is -0.122. The van der Waals surface area contributed by atoms with E-state index in [4.69, 9.17) is 5.73 Å². The minimum atomic E-state index is -0.258. The second-order valence-electron chi connectivity index (χ2n) is 5.31. The number of benzene rings is 1. The van der Waals surface area contributed by atoms with E-state index in [1.807, 2.05) is 24.3 Å². The fourth-order valence-electron chi connectivity index (χ4n) is 2.69. The number of carbonyl (C=O) groups is 2. The van der Waals surface area contributed by atoms with Gasteiger partial charge in [-0.1, -0.05) is 12.1 Å². The maximum absolute atomic E-state index is 11.6. The Morgan fingerprint density at radius 3 is 2.95 bits per heavy atom. The van der Waals surface area contributed by atoms with Gasteiger partial charge < -0.3 is 16.4 Å². The van der Waals surface area contributed by atoms with Crippen LogP contribution in [0.5, 0.6) is 0 Å².